The van der Waals surface area contributed by atoms with Crippen LogP contribution in [-0.2, 0) is 0 Å². The van der Waals surface area contributed by atoms with Gasteiger partial charge < -0.3 is 5.32 Å². The molecule has 124 valence electrons. The monoisotopic (exact) mass is 319 g/mol. The first-order valence-corrected chi connectivity index (χ1v) is 9.03. The fraction of sp³-hybridized carbons (Fsp3) is 0.381. The number of rotatable bonds is 3. The first-order valence-electron chi connectivity index (χ1n) is 9.03. The Bertz CT molecular complexity index is 857. The van der Waals surface area contributed by atoms with Crippen molar-refractivity contribution in [2.75, 3.05) is 5.32 Å². The maximum absolute atomic E-state index is 4.93. The van der Waals surface area contributed by atoms with Crippen molar-refractivity contribution in [3.8, 4) is 11.3 Å². The van der Waals surface area contributed by atoms with Crippen LogP contribution in [0.2, 0.25) is 0 Å². The summed E-state index contributed by atoms with van der Waals surface area (Å²) in [6, 6.07) is 13.4. The summed E-state index contributed by atoms with van der Waals surface area (Å²) in [7, 11) is 0. The van der Waals surface area contributed by atoms with Crippen molar-refractivity contribution in [3.05, 3.63) is 53.7 Å². The molecule has 0 unspecified atom stereocenters. The molecule has 0 atom stereocenters. The lowest BCUT2D eigenvalue weighted by molar-refractivity contribution is 0.462. The molecule has 0 aliphatic heterocycles. The van der Waals surface area contributed by atoms with Gasteiger partial charge in [-0.25, -0.2) is 4.98 Å². The van der Waals surface area contributed by atoms with Crippen LogP contribution in [0.1, 0.15) is 43.2 Å². The number of aryl methyl sites for hydroxylation is 2. The number of nitrogens with zero attached hydrogens (tertiary/aromatic N) is 2. The van der Waals surface area contributed by atoms with Gasteiger partial charge in [-0.3, -0.25) is 4.40 Å². The second-order valence-electron chi connectivity index (χ2n) is 7.09. The van der Waals surface area contributed by atoms with Crippen LogP contribution < -0.4 is 5.32 Å². The minimum absolute atomic E-state index is 0.558. The van der Waals surface area contributed by atoms with E-state index in [0.717, 1.165) is 17.2 Å². The summed E-state index contributed by atoms with van der Waals surface area (Å²) in [5.41, 5.74) is 5.78. The summed E-state index contributed by atoms with van der Waals surface area (Å²) in [5, 5.41) is 3.82. The third-order valence-corrected chi connectivity index (χ3v) is 5.00. The quantitative estimate of drug-likeness (QED) is 0.704. The van der Waals surface area contributed by atoms with Crippen molar-refractivity contribution < 1.29 is 0 Å². The van der Waals surface area contributed by atoms with E-state index in [1.807, 2.05) is 0 Å². The zero-order valence-electron chi connectivity index (χ0n) is 14.5. The highest BCUT2D eigenvalue weighted by Gasteiger charge is 2.19. The lowest BCUT2D eigenvalue weighted by Gasteiger charge is -2.24. The normalized spacial score (nSPS) is 15.8. The number of fused-ring (bicyclic) bond motifs is 1. The Morgan fingerprint density at radius 2 is 1.83 bits per heavy atom. The van der Waals surface area contributed by atoms with Gasteiger partial charge in [0, 0.05) is 17.8 Å². The average Bonchev–Trinajstić information content (AvgIpc) is 2.94. The summed E-state index contributed by atoms with van der Waals surface area (Å²) in [5.74, 6) is 1.14. The number of hydrogen-bond acceptors (Lipinski definition) is 2. The summed E-state index contributed by atoms with van der Waals surface area (Å²) in [6.07, 6.45) is 8.72. The molecule has 1 saturated carbocycles. The van der Waals surface area contributed by atoms with Crippen LogP contribution in [0.15, 0.2) is 42.6 Å². The molecule has 3 aromatic rings. The molecule has 1 aliphatic rings. The number of aromatic nitrogens is 2. The number of nitrogens with one attached hydrogen (secondary N) is 1. The maximum Gasteiger partial charge on any atom is 0.139 e. The van der Waals surface area contributed by atoms with Crippen LogP contribution in [0.3, 0.4) is 0 Å². The second-order valence-corrected chi connectivity index (χ2v) is 7.09. The van der Waals surface area contributed by atoms with Crippen molar-refractivity contribution in [3.63, 3.8) is 0 Å². The summed E-state index contributed by atoms with van der Waals surface area (Å²) in [6.45, 7) is 4.27. The van der Waals surface area contributed by atoms with E-state index in [4.69, 9.17) is 4.98 Å². The largest absolute Gasteiger partial charge is 0.367 e. The van der Waals surface area contributed by atoms with Crippen LogP contribution in [0.4, 0.5) is 5.82 Å². The molecule has 1 aliphatic carbocycles. The van der Waals surface area contributed by atoms with E-state index in [2.05, 4.69) is 66.2 Å². The molecular weight excluding hydrogens is 294 g/mol. The smallest absolute Gasteiger partial charge is 0.139 e. The van der Waals surface area contributed by atoms with Crippen molar-refractivity contribution >= 4 is 11.5 Å². The highest BCUT2D eigenvalue weighted by molar-refractivity contribution is 5.77. The molecular formula is C21H25N3. The van der Waals surface area contributed by atoms with Crippen LogP contribution >= 0.6 is 0 Å². The lowest BCUT2D eigenvalue weighted by Crippen LogP contribution is -2.23. The summed E-state index contributed by atoms with van der Waals surface area (Å²) in [4.78, 5) is 4.93. The molecule has 0 radical (unpaired) electrons. The van der Waals surface area contributed by atoms with Gasteiger partial charge in [-0.1, -0.05) is 49.1 Å². The molecule has 1 fully saturated rings. The molecule has 2 heterocycles. The summed E-state index contributed by atoms with van der Waals surface area (Å²) >= 11 is 0. The van der Waals surface area contributed by atoms with Crippen molar-refractivity contribution in [2.24, 2.45) is 0 Å². The van der Waals surface area contributed by atoms with Gasteiger partial charge in [0.2, 0.25) is 0 Å². The summed E-state index contributed by atoms with van der Waals surface area (Å²) < 4.78 is 2.22. The number of imidazole rings is 1. The van der Waals surface area contributed by atoms with Crippen molar-refractivity contribution in [1.29, 1.82) is 0 Å². The topological polar surface area (TPSA) is 29.3 Å². The molecule has 3 nitrogen and oxygen atoms in total. The first-order chi connectivity index (χ1) is 11.7. The van der Waals surface area contributed by atoms with Gasteiger partial charge in [0.05, 0.1) is 0 Å². The SMILES string of the molecule is Cc1cccc(-c2nc3ccc(C)cn3c2NC2CCCCC2)c1. The number of pyridine rings is 1. The van der Waals surface area contributed by atoms with E-state index in [-0.39, 0.29) is 0 Å². The molecule has 0 saturated heterocycles. The van der Waals surface area contributed by atoms with Crippen LogP contribution in [0, 0.1) is 13.8 Å². The fourth-order valence-corrected chi connectivity index (χ4v) is 3.72. The zero-order valence-corrected chi connectivity index (χ0v) is 14.5. The van der Waals surface area contributed by atoms with Gasteiger partial charge in [-0.2, -0.15) is 0 Å². The molecule has 1 aromatic carbocycles. The molecule has 0 spiro atoms. The molecule has 24 heavy (non-hydrogen) atoms. The standard InChI is InChI=1S/C21H25N3/c1-15-7-6-8-17(13-15)20-21(22-18-9-4-3-5-10-18)24-14-16(2)11-12-19(24)23-20/h6-8,11-14,18,22H,3-5,9-10H2,1-2H3. The van der Waals surface area contributed by atoms with E-state index in [1.54, 1.807) is 0 Å². The van der Waals surface area contributed by atoms with Crippen LogP contribution in [-0.4, -0.2) is 15.4 Å². The molecule has 2 aromatic heterocycles. The predicted molar refractivity (Wildman–Crippen MR) is 101 cm³/mol. The number of anilines is 1. The van der Waals surface area contributed by atoms with Crippen LogP contribution in [0.5, 0.6) is 0 Å². The van der Waals surface area contributed by atoms with Gasteiger partial charge >= 0.3 is 0 Å². The van der Waals surface area contributed by atoms with Gasteiger partial charge in [0.25, 0.3) is 0 Å². The van der Waals surface area contributed by atoms with Crippen molar-refractivity contribution in [1.82, 2.24) is 9.38 Å². The Kier molecular flexibility index (Phi) is 4.01. The lowest BCUT2D eigenvalue weighted by atomic mass is 9.95. The van der Waals surface area contributed by atoms with E-state index in [1.165, 1.54) is 48.8 Å². The molecule has 0 amide bonds. The minimum atomic E-state index is 0.558. The Morgan fingerprint density at radius 1 is 1.00 bits per heavy atom. The Balaban J connectivity index is 1.83. The molecule has 1 N–H and O–H groups in total. The molecule has 0 bridgehead atoms. The first kappa shape index (κ1) is 15.3. The Morgan fingerprint density at radius 3 is 2.62 bits per heavy atom. The zero-order chi connectivity index (χ0) is 16.5. The number of hydrogen-bond donors (Lipinski definition) is 1. The molecule has 3 heteroatoms. The van der Waals surface area contributed by atoms with Crippen LogP contribution in [0.25, 0.3) is 16.9 Å². The third-order valence-electron chi connectivity index (χ3n) is 5.00. The Labute approximate surface area is 143 Å². The minimum Gasteiger partial charge on any atom is -0.367 e. The van der Waals surface area contributed by atoms with Gasteiger partial charge in [-0.05, 0) is 44.4 Å². The second kappa shape index (κ2) is 6.31. The van der Waals surface area contributed by atoms with Gasteiger partial charge in [0.1, 0.15) is 17.2 Å². The highest BCUT2D eigenvalue weighted by Crippen LogP contribution is 2.32. The average molecular weight is 319 g/mol. The maximum atomic E-state index is 4.93. The predicted octanol–water partition coefficient (Wildman–Crippen LogP) is 5.36. The molecule has 4 rings (SSSR count). The fourth-order valence-electron chi connectivity index (χ4n) is 3.72. The number of benzene rings is 1. The van der Waals surface area contributed by atoms with E-state index in [9.17, 15) is 0 Å². The van der Waals surface area contributed by atoms with Crippen molar-refractivity contribution in [2.45, 2.75) is 52.0 Å². The van der Waals surface area contributed by atoms with Gasteiger partial charge in [-0.15, -0.1) is 0 Å². The van der Waals surface area contributed by atoms with Gasteiger partial charge in [0.15, 0.2) is 0 Å². The Hall–Kier alpha value is -2.29. The van der Waals surface area contributed by atoms with E-state index < -0.39 is 0 Å². The van der Waals surface area contributed by atoms with E-state index in [0.29, 0.717) is 6.04 Å². The highest BCUT2D eigenvalue weighted by atomic mass is 15.1. The van der Waals surface area contributed by atoms with E-state index >= 15 is 0 Å². The third kappa shape index (κ3) is 2.91.